The van der Waals surface area contributed by atoms with Crippen molar-refractivity contribution in [3.05, 3.63) is 35.9 Å². The summed E-state index contributed by atoms with van der Waals surface area (Å²) in [7, 11) is 0. The lowest BCUT2D eigenvalue weighted by Gasteiger charge is -2.35. The highest BCUT2D eigenvalue weighted by atomic mass is 16.5. The predicted octanol–water partition coefficient (Wildman–Crippen LogP) is 2.60. The molecule has 1 aliphatic heterocycles. The standard InChI is InChI=1S/C18H27NO3/c1-14-16(10-7-11-22-14)17(20)19(13-18(2,3)21)12-15-8-5-4-6-9-15/h4-6,8-9,14,16,21H,7,10-13H2,1-3H3/t14-,16-/m0/s1. The fraction of sp³-hybridized carbons (Fsp3) is 0.611. The Balaban J connectivity index is 2.14. The van der Waals surface area contributed by atoms with Gasteiger partial charge in [-0.3, -0.25) is 4.79 Å². The zero-order valence-electron chi connectivity index (χ0n) is 13.8. The predicted molar refractivity (Wildman–Crippen MR) is 86.3 cm³/mol. The topological polar surface area (TPSA) is 49.8 Å². The molecule has 2 atom stereocenters. The molecule has 122 valence electrons. The molecule has 22 heavy (non-hydrogen) atoms. The molecule has 1 fully saturated rings. The molecular weight excluding hydrogens is 278 g/mol. The first-order valence-corrected chi connectivity index (χ1v) is 8.03. The highest BCUT2D eigenvalue weighted by Crippen LogP contribution is 2.24. The Morgan fingerprint density at radius 3 is 2.64 bits per heavy atom. The van der Waals surface area contributed by atoms with Crippen molar-refractivity contribution in [1.82, 2.24) is 4.90 Å². The Morgan fingerprint density at radius 1 is 1.36 bits per heavy atom. The molecule has 1 aromatic carbocycles. The molecule has 0 radical (unpaired) electrons. The first-order chi connectivity index (χ1) is 10.4. The van der Waals surface area contributed by atoms with Gasteiger partial charge in [0.25, 0.3) is 0 Å². The summed E-state index contributed by atoms with van der Waals surface area (Å²) in [6.45, 7) is 7.01. The summed E-state index contributed by atoms with van der Waals surface area (Å²) in [6, 6.07) is 9.91. The number of rotatable bonds is 5. The average Bonchev–Trinajstić information content (AvgIpc) is 2.46. The van der Waals surface area contributed by atoms with Gasteiger partial charge in [0.05, 0.1) is 17.6 Å². The Bertz CT molecular complexity index is 481. The van der Waals surface area contributed by atoms with Gasteiger partial charge in [0, 0.05) is 19.7 Å². The van der Waals surface area contributed by atoms with Crippen molar-refractivity contribution in [2.24, 2.45) is 5.92 Å². The second kappa shape index (κ2) is 7.25. The highest BCUT2D eigenvalue weighted by Gasteiger charge is 2.33. The van der Waals surface area contributed by atoms with Crippen LogP contribution in [0.15, 0.2) is 30.3 Å². The van der Waals surface area contributed by atoms with E-state index in [9.17, 15) is 9.90 Å². The summed E-state index contributed by atoms with van der Waals surface area (Å²) in [5, 5.41) is 10.2. The zero-order valence-corrected chi connectivity index (χ0v) is 13.8. The quantitative estimate of drug-likeness (QED) is 0.909. The first-order valence-electron chi connectivity index (χ1n) is 8.03. The molecule has 1 saturated heterocycles. The van der Waals surface area contributed by atoms with Gasteiger partial charge in [-0.2, -0.15) is 0 Å². The van der Waals surface area contributed by atoms with E-state index >= 15 is 0 Å². The van der Waals surface area contributed by atoms with Gasteiger partial charge in [-0.05, 0) is 39.2 Å². The molecule has 0 aromatic heterocycles. The van der Waals surface area contributed by atoms with E-state index < -0.39 is 5.60 Å². The number of aliphatic hydroxyl groups is 1. The van der Waals surface area contributed by atoms with E-state index in [1.54, 1.807) is 18.7 Å². The minimum atomic E-state index is -0.913. The molecule has 1 heterocycles. The summed E-state index contributed by atoms with van der Waals surface area (Å²) >= 11 is 0. The third kappa shape index (κ3) is 4.82. The Hall–Kier alpha value is -1.39. The first kappa shape index (κ1) is 17.0. The summed E-state index contributed by atoms with van der Waals surface area (Å²) in [5.74, 6) is -0.0296. The number of hydrogen-bond donors (Lipinski definition) is 1. The van der Waals surface area contributed by atoms with Gasteiger partial charge < -0.3 is 14.7 Å². The molecule has 1 N–H and O–H groups in total. The van der Waals surface area contributed by atoms with Crippen molar-refractivity contribution in [3.8, 4) is 0 Å². The van der Waals surface area contributed by atoms with Gasteiger partial charge in [-0.1, -0.05) is 30.3 Å². The van der Waals surface area contributed by atoms with Gasteiger partial charge in [0.1, 0.15) is 0 Å². The van der Waals surface area contributed by atoms with Crippen molar-refractivity contribution in [2.45, 2.75) is 51.9 Å². The van der Waals surface area contributed by atoms with E-state index in [2.05, 4.69) is 0 Å². The van der Waals surface area contributed by atoms with Crippen LogP contribution in [-0.2, 0) is 16.1 Å². The lowest BCUT2D eigenvalue weighted by atomic mass is 9.93. The molecule has 1 amide bonds. The molecule has 0 spiro atoms. The molecule has 0 aliphatic carbocycles. The van der Waals surface area contributed by atoms with Crippen LogP contribution in [0.5, 0.6) is 0 Å². The van der Waals surface area contributed by atoms with Crippen LogP contribution in [0.2, 0.25) is 0 Å². The largest absolute Gasteiger partial charge is 0.389 e. The molecule has 1 aromatic rings. The molecule has 1 aliphatic rings. The molecule has 0 bridgehead atoms. The summed E-state index contributed by atoms with van der Waals surface area (Å²) < 4.78 is 5.63. The maximum Gasteiger partial charge on any atom is 0.228 e. The van der Waals surface area contributed by atoms with E-state index in [0.29, 0.717) is 13.1 Å². The maximum atomic E-state index is 12.9. The highest BCUT2D eigenvalue weighted by molar-refractivity contribution is 5.79. The Morgan fingerprint density at radius 2 is 2.05 bits per heavy atom. The molecule has 4 heteroatoms. The third-order valence-corrected chi connectivity index (χ3v) is 4.03. The van der Waals surface area contributed by atoms with Crippen LogP contribution in [0.25, 0.3) is 0 Å². The lowest BCUT2D eigenvalue weighted by molar-refractivity contribution is -0.147. The van der Waals surface area contributed by atoms with E-state index in [1.807, 2.05) is 37.3 Å². The Kier molecular flexibility index (Phi) is 5.59. The molecule has 4 nitrogen and oxygen atoms in total. The van der Waals surface area contributed by atoms with Crippen molar-refractivity contribution in [1.29, 1.82) is 0 Å². The van der Waals surface area contributed by atoms with Crippen LogP contribution in [0, 0.1) is 5.92 Å². The zero-order chi connectivity index (χ0) is 16.2. The van der Waals surface area contributed by atoms with Gasteiger partial charge >= 0.3 is 0 Å². The fourth-order valence-corrected chi connectivity index (χ4v) is 2.96. The fourth-order valence-electron chi connectivity index (χ4n) is 2.96. The van der Waals surface area contributed by atoms with Crippen LogP contribution in [0.3, 0.4) is 0 Å². The molecule has 2 rings (SSSR count). The van der Waals surface area contributed by atoms with E-state index in [1.165, 1.54) is 0 Å². The van der Waals surface area contributed by atoms with Crippen LogP contribution in [0.4, 0.5) is 0 Å². The van der Waals surface area contributed by atoms with Gasteiger partial charge in [-0.15, -0.1) is 0 Å². The van der Waals surface area contributed by atoms with Crippen LogP contribution in [0.1, 0.15) is 39.2 Å². The lowest BCUT2D eigenvalue weighted by Crippen LogP contribution is -2.47. The summed E-state index contributed by atoms with van der Waals surface area (Å²) in [4.78, 5) is 14.7. The van der Waals surface area contributed by atoms with Gasteiger partial charge in [0.15, 0.2) is 0 Å². The second-order valence-electron chi connectivity index (χ2n) is 6.82. The number of benzene rings is 1. The van der Waals surface area contributed by atoms with Crippen molar-refractivity contribution in [3.63, 3.8) is 0 Å². The number of ether oxygens (including phenoxy) is 1. The Labute approximate surface area is 133 Å². The third-order valence-electron chi connectivity index (χ3n) is 4.03. The number of amides is 1. The summed E-state index contributed by atoms with van der Waals surface area (Å²) in [5.41, 5.74) is 0.160. The number of carbonyl (C=O) groups excluding carboxylic acids is 1. The molecular formula is C18H27NO3. The monoisotopic (exact) mass is 305 g/mol. The summed E-state index contributed by atoms with van der Waals surface area (Å²) in [6.07, 6.45) is 1.72. The van der Waals surface area contributed by atoms with Crippen molar-refractivity contribution in [2.75, 3.05) is 13.2 Å². The molecule has 0 saturated carbocycles. The van der Waals surface area contributed by atoms with Crippen LogP contribution in [-0.4, -0.2) is 40.8 Å². The minimum Gasteiger partial charge on any atom is -0.389 e. The van der Waals surface area contributed by atoms with Gasteiger partial charge in [-0.25, -0.2) is 0 Å². The maximum absolute atomic E-state index is 12.9. The van der Waals surface area contributed by atoms with Crippen molar-refractivity contribution >= 4 is 5.91 Å². The average molecular weight is 305 g/mol. The number of carbonyl (C=O) groups is 1. The van der Waals surface area contributed by atoms with E-state index in [4.69, 9.17) is 4.74 Å². The number of hydrogen-bond acceptors (Lipinski definition) is 3. The van der Waals surface area contributed by atoms with Crippen molar-refractivity contribution < 1.29 is 14.6 Å². The van der Waals surface area contributed by atoms with Gasteiger partial charge in [0.2, 0.25) is 5.91 Å². The number of nitrogens with zero attached hydrogens (tertiary/aromatic N) is 1. The SMILES string of the molecule is C[C@@H]1OCCC[C@@H]1C(=O)N(Cc1ccccc1)CC(C)(C)O. The minimum absolute atomic E-state index is 0.0543. The molecule has 0 unspecified atom stereocenters. The normalized spacial score (nSPS) is 22.4. The van der Waals surface area contributed by atoms with E-state index in [-0.39, 0.29) is 17.9 Å². The van der Waals surface area contributed by atoms with Crippen LogP contribution >= 0.6 is 0 Å². The van der Waals surface area contributed by atoms with E-state index in [0.717, 1.165) is 25.0 Å². The smallest absolute Gasteiger partial charge is 0.228 e. The second-order valence-corrected chi connectivity index (χ2v) is 6.82. The van der Waals surface area contributed by atoms with Crippen LogP contribution < -0.4 is 0 Å².